The van der Waals surface area contributed by atoms with Gasteiger partial charge in [0.05, 0.1) is 6.61 Å². The summed E-state index contributed by atoms with van der Waals surface area (Å²) in [7, 11) is 0. The van der Waals surface area contributed by atoms with Crippen molar-refractivity contribution in [2.45, 2.75) is 32.7 Å². The van der Waals surface area contributed by atoms with E-state index in [1.54, 1.807) is 0 Å². The lowest BCUT2D eigenvalue weighted by atomic mass is 9.90. The van der Waals surface area contributed by atoms with Crippen LogP contribution in [0.2, 0.25) is 0 Å². The molecule has 0 aromatic carbocycles. The third kappa shape index (κ3) is 3.56. The third-order valence-electron chi connectivity index (χ3n) is 3.07. The molecule has 0 aromatic rings. The minimum Gasteiger partial charge on any atom is -0.395 e. The van der Waals surface area contributed by atoms with Crippen LogP contribution in [0.3, 0.4) is 0 Å². The van der Waals surface area contributed by atoms with Gasteiger partial charge in [-0.05, 0) is 37.8 Å². The highest BCUT2D eigenvalue weighted by Gasteiger charge is 2.23. The monoisotopic (exact) mass is 200 g/mol. The van der Waals surface area contributed by atoms with Crippen LogP contribution in [0, 0.1) is 11.8 Å². The molecule has 1 heterocycles. The molecule has 1 aliphatic rings. The summed E-state index contributed by atoms with van der Waals surface area (Å²) in [5.74, 6) is 1.28. The summed E-state index contributed by atoms with van der Waals surface area (Å²) < 4.78 is 0. The van der Waals surface area contributed by atoms with Crippen LogP contribution in [0.25, 0.3) is 0 Å². The van der Waals surface area contributed by atoms with Crippen molar-refractivity contribution < 1.29 is 5.11 Å². The van der Waals surface area contributed by atoms with Crippen molar-refractivity contribution in [3.63, 3.8) is 0 Å². The van der Waals surface area contributed by atoms with Crippen LogP contribution in [0.1, 0.15) is 26.7 Å². The van der Waals surface area contributed by atoms with Crippen molar-refractivity contribution >= 4 is 0 Å². The smallest absolute Gasteiger partial charge is 0.0585 e. The van der Waals surface area contributed by atoms with E-state index >= 15 is 0 Å². The molecule has 0 radical (unpaired) electrons. The Morgan fingerprint density at radius 2 is 1.93 bits per heavy atom. The van der Waals surface area contributed by atoms with Gasteiger partial charge in [0.1, 0.15) is 0 Å². The summed E-state index contributed by atoms with van der Waals surface area (Å²) in [5, 5.41) is 8.96. The predicted molar refractivity (Wildman–Crippen MR) is 59.1 cm³/mol. The Kier molecular flexibility index (Phi) is 4.85. The lowest BCUT2D eigenvalue weighted by molar-refractivity contribution is 0.132. The number of hydrogen-bond acceptors (Lipinski definition) is 3. The number of aliphatic hydroxyl groups excluding tert-OH is 1. The quantitative estimate of drug-likeness (QED) is 0.701. The first-order valence-electron chi connectivity index (χ1n) is 5.72. The van der Waals surface area contributed by atoms with E-state index in [0.29, 0.717) is 5.92 Å². The van der Waals surface area contributed by atoms with Gasteiger partial charge >= 0.3 is 0 Å². The highest BCUT2D eigenvalue weighted by atomic mass is 16.3. The Balaban J connectivity index is 2.24. The average Bonchev–Trinajstić information content (AvgIpc) is 2.17. The molecule has 3 nitrogen and oxygen atoms in total. The molecule has 1 saturated heterocycles. The maximum atomic E-state index is 8.96. The van der Waals surface area contributed by atoms with Crippen molar-refractivity contribution in [3.8, 4) is 0 Å². The standard InChI is InChI=1S/C11H24N2O/c1-9(2)7-13-5-3-10(4-6-13)11(12)8-14/h9-11,14H,3-8,12H2,1-2H3. The minimum atomic E-state index is -0.00352. The molecular formula is C11H24N2O. The van der Waals surface area contributed by atoms with Crippen molar-refractivity contribution in [2.75, 3.05) is 26.2 Å². The van der Waals surface area contributed by atoms with E-state index < -0.39 is 0 Å². The summed E-state index contributed by atoms with van der Waals surface area (Å²) in [6, 6.07) is -0.00352. The fraction of sp³-hybridized carbons (Fsp3) is 1.00. The Morgan fingerprint density at radius 1 is 1.36 bits per heavy atom. The van der Waals surface area contributed by atoms with E-state index in [-0.39, 0.29) is 12.6 Å². The number of likely N-dealkylation sites (tertiary alicyclic amines) is 1. The van der Waals surface area contributed by atoms with E-state index in [0.717, 1.165) is 31.8 Å². The highest BCUT2D eigenvalue weighted by Crippen LogP contribution is 2.20. The molecule has 1 rings (SSSR count). The summed E-state index contributed by atoms with van der Waals surface area (Å²) in [6.07, 6.45) is 2.29. The number of nitrogens with zero attached hydrogens (tertiary/aromatic N) is 1. The van der Waals surface area contributed by atoms with Gasteiger partial charge in [-0.25, -0.2) is 0 Å². The maximum Gasteiger partial charge on any atom is 0.0585 e. The van der Waals surface area contributed by atoms with Crippen LogP contribution in [-0.2, 0) is 0 Å². The van der Waals surface area contributed by atoms with Gasteiger partial charge in [0.15, 0.2) is 0 Å². The number of rotatable bonds is 4. The van der Waals surface area contributed by atoms with Crippen LogP contribution < -0.4 is 5.73 Å². The fourth-order valence-corrected chi connectivity index (χ4v) is 2.23. The Bertz CT molecular complexity index is 153. The average molecular weight is 200 g/mol. The number of hydrogen-bond donors (Lipinski definition) is 2. The maximum absolute atomic E-state index is 8.96. The van der Waals surface area contributed by atoms with E-state index in [4.69, 9.17) is 10.8 Å². The second-order valence-corrected chi connectivity index (χ2v) is 4.88. The van der Waals surface area contributed by atoms with E-state index in [1.807, 2.05) is 0 Å². The van der Waals surface area contributed by atoms with Crippen molar-refractivity contribution in [3.05, 3.63) is 0 Å². The SMILES string of the molecule is CC(C)CN1CCC(C(N)CO)CC1. The zero-order valence-electron chi connectivity index (χ0n) is 9.45. The number of aliphatic hydroxyl groups is 1. The van der Waals surface area contributed by atoms with E-state index in [1.165, 1.54) is 6.54 Å². The normalized spacial score (nSPS) is 22.9. The van der Waals surface area contributed by atoms with Crippen molar-refractivity contribution in [2.24, 2.45) is 17.6 Å². The first-order valence-corrected chi connectivity index (χ1v) is 5.72. The van der Waals surface area contributed by atoms with Crippen molar-refractivity contribution in [1.82, 2.24) is 4.90 Å². The van der Waals surface area contributed by atoms with Crippen molar-refractivity contribution in [1.29, 1.82) is 0 Å². The molecule has 0 saturated carbocycles. The van der Waals surface area contributed by atoms with Gasteiger partial charge in [-0.1, -0.05) is 13.8 Å². The number of nitrogens with two attached hydrogens (primary N) is 1. The van der Waals surface area contributed by atoms with Gasteiger partial charge in [-0.15, -0.1) is 0 Å². The molecule has 1 atom stereocenters. The first kappa shape index (κ1) is 12.0. The van der Waals surface area contributed by atoms with Crippen LogP contribution in [0.4, 0.5) is 0 Å². The van der Waals surface area contributed by atoms with Gasteiger partial charge in [0.25, 0.3) is 0 Å². The molecule has 0 bridgehead atoms. The molecule has 1 unspecified atom stereocenters. The molecule has 1 aliphatic heterocycles. The Morgan fingerprint density at radius 3 is 2.36 bits per heavy atom. The Labute approximate surface area is 87.3 Å². The van der Waals surface area contributed by atoms with Gasteiger partial charge in [0, 0.05) is 12.6 Å². The predicted octanol–water partition coefficient (Wildman–Crippen LogP) is 0.674. The highest BCUT2D eigenvalue weighted by molar-refractivity contribution is 4.79. The second-order valence-electron chi connectivity index (χ2n) is 4.88. The minimum absolute atomic E-state index is 0.00352. The molecule has 0 amide bonds. The van der Waals surface area contributed by atoms with Gasteiger partial charge in [-0.3, -0.25) is 0 Å². The zero-order valence-corrected chi connectivity index (χ0v) is 9.45. The molecule has 0 aliphatic carbocycles. The second kappa shape index (κ2) is 5.69. The van der Waals surface area contributed by atoms with Crippen LogP contribution >= 0.6 is 0 Å². The summed E-state index contributed by atoms with van der Waals surface area (Å²) in [4.78, 5) is 2.51. The number of piperidine rings is 1. The molecule has 3 heteroatoms. The molecule has 14 heavy (non-hydrogen) atoms. The molecule has 3 N–H and O–H groups in total. The first-order chi connectivity index (χ1) is 6.63. The largest absolute Gasteiger partial charge is 0.395 e. The summed E-state index contributed by atoms with van der Waals surface area (Å²) in [5.41, 5.74) is 5.83. The van der Waals surface area contributed by atoms with Crippen LogP contribution in [0.5, 0.6) is 0 Å². The van der Waals surface area contributed by atoms with Crippen LogP contribution in [-0.4, -0.2) is 42.3 Å². The lowest BCUT2D eigenvalue weighted by Crippen LogP contribution is -2.43. The molecule has 84 valence electrons. The van der Waals surface area contributed by atoms with Gasteiger partial charge in [0.2, 0.25) is 0 Å². The summed E-state index contributed by atoms with van der Waals surface area (Å²) in [6.45, 7) is 8.14. The third-order valence-corrected chi connectivity index (χ3v) is 3.07. The molecule has 1 fully saturated rings. The fourth-order valence-electron chi connectivity index (χ4n) is 2.23. The van der Waals surface area contributed by atoms with Gasteiger partial charge in [-0.2, -0.15) is 0 Å². The Hall–Kier alpha value is -0.120. The molecule has 0 aromatic heterocycles. The molecule has 0 spiro atoms. The van der Waals surface area contributed by atoms with Crippen LogP contribution in [0.15, 0.2) is 0 Å². The zero-order chi connectivity index (χ0) is 10.6. The lowest BCUT2D eigenvalue weighted by Gasteiger charge is -2.34. The van der Waals surface area contributed by atoms with E-state index in [2.05, 4.69) is 18.7 Å². The van der Waals surface area contributed by atoms with Gasteiger partial charge < -0.3 is 15.7 Å². The van der Waals surface area contributed by atoms with E-state index in [9.17, 15) is 0 Å². The summed E-state index contributed by atoms with van der Waals surface area (Å²) >= 11 is 0. The topological polar surface area (TPSA) is 49.5 Å². The molecular weight excluding hydrogens is 176 g/mol.